The zero-order valence-electron chi connectivity index (χ0n) is 17.8. The smallest absolute Gasteiger partial charge is 0.282 e. The van der Waals surface area contributed by atoms with Gasteiger partial charge in [0.25, 0.3) is 10.2 Å². The Morgan fingerprint density at radius 1 is 1.17 bits per heavy atom. The van der Waals surface area contributed by atoms with Crippen LogP contribution in [0.4, 0.5) is 0 Å². The molecule has 0 aromatic heterocycles. The Hall–Kier alpha value is -1.35. The molecule has 7 nitrogen and oxygen atoms in total. The first kappa shape index (κ1) is 23.3. The van der Waals surface area contributed by atoms with Crippen LogP contribution in [0.25, 0.3) is 0 Å². The normalized spacial score (nSPS) is 19.3. The molecule has 1 heterocycles. The van der Waals surface area contributed by atoms with Crippen LogP contribution in [0, 0.1) is 0 Å². The molecule has 3 rings (SSSR count). The molecule has 1 amide bonds. The largest absolute Gasteiger partial charge is 0.495 e. The summed E-state index contributed by atoms with van der Waals surface area (Å²) in [6.45, 7) is 1.55. The van der Waals surface area contributed by atoms with E-state index >= 15 is 0 Å². The second-order valence-corrected chi connectivity index (χ2v) is 10.5. The third-order valence-corrected chi connectivity index (χ3v) is 8.55. The molecule has 0 bridgehead atoms. The molecule has 1 saturated carbocycles. The van der Waals surface area contributed by atoms with Gasteiger partial charge in [0.05, 0.1) is 12.1 Å². The molecule has 1 aliphatic heterocycles. The second-order valence-electron chi connectivity index (χ2n) is 8.06. The van der Waals surface area contributed by atoms with Gasteiger partial charge in [-0.3, -0.25) is 4.79 Å². The van der Waals surface area contributed by atoms with Crippen LogP contribution in [-0.4, -0.2) is 74.2 Å². The minimum absolute atomic E-state index is 0.0413. The Morgan fingerprint density at radius 3 is 2.43 bits per heavy atom. The molecular weight excluding hydrogens is 426 g/mol. The predicted octanol–water partition coefficient (Wildman–Crippen LogP) is 2.93. The van der Waals surface area contributed by atoms with E-state index in [-0.39, 0.29) is 11.9 Å². The van der Waals surface area contributed by atoms with Gasteiger partial charge in [-0.15, -0.1) is 0 Å². The number of piperazine rings is 1. The van der Waals surface area contributed by atoms with Crippen molar-refractivity contribution < 1.29 is 17.9 Å². The van der Waals surface area contributed by atoms with Crippen LogP contribution in [0.1, 0.15) is 44.1 Å². The third-order valence-electron chi connectivity index (χ3n) is 6.21. The molecule has 1 aromatic carbocycles. The fourth-order valence-corrected chi connectivity index (χ4v) is 6.12. The molecule has 0 N–H and O–H groups in total. The lowest BCUT2D eigenvalue weighted by Crippen LogP contribution is -2.55. The first-order valence-corrected chi connectivity index (χ1v) is 12.4. The zero-order chi connectivity index (χ0) is 21.7. The number of hydrogen-bond donors (Lipinski definition) is 0. The summed E-state index contributed by atoms with van der Waals surface area (Å²) in [4.78, 5) is 14.4. The van der Waals surface area contributed by atoms with Crippen molar-refractivity contribution in [2.75, 3.05) is 40.3 Å². The van der Waals surface area contributed by atoms with Gasteiger partial charge in [0.2, 0.25) is 5.91 Å². The highest BCUT2D eigenvalue weighted by Gasteiger charge is 2.35. The lowest BCUT2D eigenvalue weighted by Gasteiger charge is -2.38. The first-order chi connectivity index (χ1) is 14.3. The maximum absolute atomic E-state index is 13.0. The van der Waals surface area contributed by atoms with Gasteiger partial charge in [-0.25, -0.2) is 0 Å². The van der Waals surface area contributed by atoms with Crippen molar-refractivity contribution in [2.45, 2.75) is 51.0 Å². The van der Waals surface area contributed by atoms with E-state index in [0.29, 0.717) is 49.8 Å². The summed E-state index contributed by atoms with van der Waals surface area (Å²) in [5, 5.41) is 0.531. The fraction of sp³-hybridized carbons (Fsp3) is 0.667. The standard InChI is InChI=1S/C21H32ClN3O4S/c1-23(18-6-4-3-5-7-18)30(27,28)25-14-12-24(13-15-25)21(26)11-9-17-8-10-20(29-2)19(22)16-17/h8,10,16,18H,3-7,9,11-15H2,1-2H3. The van der Waals surface area contributed by atoms with E-state index in [4.69, 9.17) is 16.3 Å². The molecular formula is C21H32ClN3O4S. The predicted molar refractivity (Wildman–Crippen MR) is 118 cm³/mol. The highest BCUT2D eigenvalue weighted by molar-refractivity contribution is 7.86. The van der Waals surface area contributed by atoms with Gasteiger partial charge in [-0.05, 0) is 37.0 Å². The summed E-state index contributed by atoms with van der Waals surface area (Å²) in [5.41, 5.74) is 0.976. The highest BCUT2D eigenvalue weighted by atomic mass is 35.5. The minimum Gasteiger partial charge on any atom is -0.495 e. The summed E-state index contributed by atoms with van der Waals surface area (Å²) in [6, 6.07) is 5.62. The van der Waals surface area contributed by atoms with Crippen molar-refractivity contribution in [3.05, 3.63) is 28.8 Å². The van der Waals surface area contributed by atoms with Crippen LogP contribution < -0.4 is 4.74 Å². The second kappa shape index (κ2) is 10.3. The van der Waals surface area contributed by atoms with Gasteiger partial charge in [-0.2, -0.15) is 17.0 Å². The average molecular weight is 458 g/mol. The third kappa shape index (κ3) is 5.46. The van der Waals surface area contributed by atoms with Crippen LogP contribution in [0.15, 0.2) is 18.2 Å². The van der Waals surface area contributed by atoms with Crippen LogP contribution in [0.3, 0.4) is 0 Å². The summed E-state index contributed by atoms with van der Waals surface area (Å²) >= 11 is 6.15. The van der Waals surface area contributed by atoms with E-state index in [1.165, 1.54) is 10.7 Å². The van der Waals surface area contributed by atoms with Crippen molar-refractivity contribution in [2.24, 2.45) is 0 Å². The zero-order valence-corrected chi connectivity index (χ0v) is 19.4. The maximum Gasteiger partial charge on any atom is 0.282 e. The van der Waals surface area contributed by atoms with Crippen molar-refractivity contribution in [3.8, 4) is 5.75 Å². The Labute approximate surface area is 185 Å². The molecule has 168 valence electrons. The number of rotatable bonds is 7. The van der Waals surface area contributed by atoms with Crippen molar-refractivity contribution in [1.29, 1.82) is 0 Å². The van der Waals surface area contributed by atoms with Gasteiger partial charge in [0.1, 0.15) is 5.75 Å². The molecule has 2 aliphatic rings. The van der Waals surface area contributed by atoms with E-state index in [1.807, 2.05) is 12.1 Å². The number of carbonyl (C=O) groups excluding carboxylic acids is 1. The molecule has 1 aliphatic carbocycles. The fourth-order valence-electron chi connectivity index (χ4n) is 4.26. The van der Waals surface area contributed by atoms with Crippen molar-refractivity contribution >= 4 is 27.7 Å². The minimum atomic E-state index is -3.48. The summed E-state index contributed by atoms with van der Waals surface area (Å²) in [5.74, 6) is 0.655. The number of benzene rings is 1. The molecule has 1 saturated heterocycles. The quantitative estimate of drug-likeness (QED) is 0.631. The number of halogens is 1. The van der Waals surface area contributed by atoms with Crippen molar-refractivity contribution in [3.63, 3.8) is 0 Å². The van der Waals surface area contributed by atoms with Gasteiger partial charge < -0.3 is 9.64 Å². The molecule has 30 heavy (non-hydrogen) atoms. The topological polar surface area (TPSA) is 70.2 Å². The van der Waals surface area contributed by atoms with E-state index in [1.54, 1.807) is 29.4 Å². The summed E-state index contributed by atoms with van der Waals surface area (Å²) in [6.07, 6.45) is 6.20. The molecule has 1 aromatic rings. The Balaban J connectivity index is 1.49. The molecule has 0 spiro atoms. The van der Waals surface area contributed by atoms with Gasteiger partial charge >= 0.3 is 0 Å². The number of ether oxygens (including phenoxy) is 1. The average Bonchev–Trinajstić information content (AvgIpc) is 2.77. The maximum atomic E-state index is 13.0. The molecule has 0 unspecified atom stereocenters. The summed E-state index contributed by atoms with van der Waals surface area (Å²) in [7, 11) is -0.211. The summed E-state index contributed by atoms with van der Waals surface area (Å²) < 4.78 is 34.2. The van der Waals surface area contributed by atoms with Crippen LogP contribution in [0.5, 0.6) is 5.75 Å². The highest BCUT2D eigenvalue weighted by Crippen LogP contribution is 2.26. The molecule has 2 fully saturated rings. The van der Waals surface area contributed by atoms with Gasteiger partial charge in [0.15, 0.2) is 0 Å². The molecule has 0 atom stereocenters. The van der Waals surface area contributed by atoms with E-state index in [0.717, 1.165) is 31.2 Å². The van der Waals surface area contributed by atoms with E-state index in [2.05, 4.69) is 0 Å². The van der Waals surface area contributed by atoms with Crippen LogP contribution in [-0.2, 0) is 21.4 Å². The monoisotopic (exact) mass is 457 g/mol. The van der Waals surface area contributed by atoms with Gasteiger partial charge in [0, 0.05) is 45.7 Å². The van der Waals surface area contributed by atoms with E-state index < -0.39 is 10.2 Å². The van der Waals surface area contributed by atoms with Crippen LogP contribution >= 0.6 is 11.6 Å². The number of nitrogens with zero attached hydrogens (tertiary/aromatic N) is 3. The number of methoxy groups -OCH3 is 1. The Morgan fingerprint density at radius 2 is 1.83 bits per heavy atom. The first-order valence-electron chi connectivity index (χ1n) is 10.7. The number of carbonyl (C=O) groups is 1. The van der Waals surface area contributed by atoms with Crippen molar-refractivity contribution in [1.82, 2.24) is 13.5 Å². The number of aryl methyl sites for hydroxylation is 1. The Bertz CT molecular complexity index is 835. The lowest BCUT2D eigenvalue weighted by molar-refractivity contribution is -0.132. The Kier molecular flexibility index (Phi) is 8.01. The van der Waals surface area contributed by atoms with E-state index in [9.17, 15) is 13.2 Å². The number of amides is 1. The van der Waals surface area contributed by atoms with Gasteiger partial charge in [-0.1, -0.05) is 36.9 Å². The molecule has 0 radical (unpaired) electrons. The SMILES string of the molecule is COc1ccc(CCC(=O)N2CCN(S(=O)(=O)N(C)C3CCCCC3)CC2)cc1Cl. The van der Waals surface area contributed by atoms with Crippen LogP contribution in [0.2, 0.25) is 5.02 Å². The molecule has 9 heteroatoms. The lowest BCUT2D eigenvalue weighted by atomic mass is 9.96. The number of hydrogen-bond acceptors (Lipinski definition) is 4.